The number of nitriles is 1. The number of carbonyl (C=O) groups excluding carboxylic acids is 2. The molecule has 128 valence electrons. The average Bonchev–Trinajstić information content (AvgIpc) is 2.59. The van der Waals surface area contributed by atoms with Gasteiger partial charge < -0.3 is 10.1 Å². The quantitative estimate of drug-likeness (QED) is 0.799. The number of Topliss-reactive ketones (excluding diaryl/α,β-unsaturated/α-hetero) is 1. The highest BCUT2D eigenvalue weighted by atomic mass is 35.5. The van der Waals surface area contributed by atoms with Gasteiger partial charge in [0.05, 0.1) is 6.07 Å². The summed E-state index contributed by atoms with van der Waals surface area (Å²) >= 11 is 5.97. The normalized spacial score (nSPS) is 11.3. The van der Waals surface area contributed by atoms with Crippen molar-refractivity contribution in [2.24, 2.45) is 5.92 Å². The van der Waals surface area contributed by atoms with Crippen LogP contribution < -0.4 is 10.1 Å². The monoisotopic (exact) mass is 360 g/mol. The lowest BCUT2D eigenvalue weighted by Crippen LogP contribution is -2.32. The zero-order valence-electron chi connectivity index (χ0n) is 13.3. The fourth-order valence-electron chi connectivity index (χ4n) is 1.99. The summed E-state index contributed by atoms with van der Waals surface area (Å²) in [5.74, 6) is -3.18. The molecule has 0 radical (unpaired) electrons. The van der Waals surface area contributed by atoms with Gasteiger partial charge in [-0.15, -0.1) is 0 Å². The summed E-state index contributed by atoms with van der Waals surface area (Å²) in [6.45, 7) is 1.23. The molecular formula is C18H14ClFN2O3. The maximum absolute atomic E-state index is 12.8. The summed E-state index contributed by atoms with van der Waals surface area (Å²) in [4.78, 5) is 24.3. The molecule has 0 aromatic heterocycles. The molecule has 1 N–H and O–H groups in total. The number of ketones is 1. The van der Waals surface area contributed by atoms with Crippen LogP contribution in [0.2, 0.25) is 5.02 Å². The number of benzene rings is 2. The van der Waals surface area contributed by atoms with Gasteiger partial charge in [0.1, 0.15) is 18.2 Å². The Morgan fingerprint density at radius 2 is 1.96 bits per heavy atom. The van der Waals surface area contributed by atoms with E-state index in [9.17, 15) is 14.0 Å². The molecule has 1 atom stereocenters. The van der Waals surface area contributed by atoms with Gasteiger partial charge in [-0.25, -0.2) is 4.39 Å². The molecule has 0 saturated heterocycles. The molecule has 0 bridgehead atoms. The Hall–Kier alpha value is -2.91. The fourth-order valence-corrected chi connectivity index (χ4v) is 2.17. The third kappa shape index (κ3) is 4.78. The predicted octanol–water partition coefficient (Wildman–Crippen LogP) is 3.51. The Morgan fingerprint density at radius 3 is 2.60 bits per heavy atom. The third-order valence-electron chi connectivity index (χ3n) is 3.43. The van der Waals surface area contributed by atoms with Gasteiger partial charge in [0.2, 0.25) is 5.91 Å². The summed E-state index contributed by atoms with van der Waals surface area (Å²) < 4.78 is 18.0. The van der Waals surface area contributed by atoms with E-state index in [1.165, 1.54) is 24.3 Å². The molecule has 2 aromatic rings. The van der Waals surface area contributed by atoms with E-state index in [0.717, 1.165) is 0 Å². The van der Waals surface area contributed by atoms with Crippen LogP contribution in [0.1, 0.15) is 5.56 Å². The Kier molecular flexibility index (Phi) is 6.09. The van der Waals surface area contributed by atoms with Crippen LogP contribution in [0.4, 0.5) is 10.1 Å². The SMILES string of the molecule is Cc1c(Cl)cccc1NC(=O)C(C#N)C(=O)COc1ccc(F)cc1. The molecule has 0 spiro atoms. The lowest BCUT2D eigenvalue weighted by Gasteiger charge is -2.12. The molecule has 2 aromatic carbocycles. The smallest absolute Gasteiger partial charge is 0.249 e. The van der Waals surface area contributed by atoms with Crippen molar-refractivity contribution in [2.45, 2.75) is 6.92 Å². The number of halogens is 2. The second-order valence-corrected chi connectivity index (χ2v) is 5.58. The molecule has 0 fully saturated rings. The van der Waals surface area contributed by atoms with Crippen LogP contribution in [0.25, 0.3) is 0 Å². The standard InChI is InChI=1S/C18H14ClFN2O3/c1-11-15(19)3-2-4-16(11)22-18(24)14(9-21)17(23)10-25-13-7-5-12(20)6-8-13/h2-8,14H,10H2,1H3,(H,22,24). The Bertz CT molecular complexity index is 831. The maximum atomic E-state index is 12.8. The minimum absolute atomic E-state index is 0.262. The predicted molar refractivity (Wildman–Crippen MR) is 90.8 cm³/mol. The van der Waals surface area contributed by atoms with Gasteiger partial charge in [0, 0.05) is 10.7 Å². The second kappa shape index (κ2) is 8.27. The molecule has 0 aliphatic carbocycles. The van der Waals surface area contributed by atoms with Crippen molar-refractivity contribution < 1.29 is 18.7 Å². The van der Waals surface area contributed by atoms with Crippen molar-refractivity contribution in [3.05, 3.63) is 58.9 Å². The van der Waals surface area contributed by atoms with Crippen molar-refractivity contribution >= 4 is 29.0 Å². The molecule has 0 saturated carbocycles. The molecule has 1 unspecified atom stereocenters. The van der Waals surface area contributed by atoms with E-state index in [0.29, 0.717) is 16.3 Å². The van der Waals surface area contributed by atoms with Gasteiger partial charge in [0.15, 0.2) is 11.7 Å². The average molecular weight is 361 g/mol. The first-order valence-electron chi connectivity index (χ1n) is 7.29. The Balaban J connectivity index is 2.01. The summed E-state index contributed by atoms with van der Waals surface area (Å²) in [6.07, 6.45) is 0. The van der Waals surface area contributed by atoms with Gasteiger partial charge >= 0.3 is 0 Å². The van der Waals surface area contributed by atoms with Crippen LogP contribution in [0.15, 0.2) is 42.5 Å². The molecule has 5 nitrogen and oxygen atoms in total. The minimum atomic E-state index is -1.53. The molecule has 2 rings (SSSR count). The number of rotatable bonds is 6. The molecule has 1 amide bonds. The number of ether oxygens (including phenoxy) is 1. The Labute approximate surface area is 149 Å². The lowest BCUT2D eigenvalue weighted by molar-refractivity contribution is -0.130. The number of nitrogens with zero attached hydrogens (tertiary/aromatic N) is 1. The van der Waals surface area contributed by atoms with E-state index in [2.05, 4.69) is 5.32 Å². The maximum Gasteiger partial charge on any atom is 0.249 e. The van der Waals surface area contributed by atoms with E-state index < -0.39 is 30.0 Å². The summed E-state index contributed by atoms with van der Waals surface area (Å²) in [5, 5.41) is 12.1. The number of hydrogen-bond donors (Lipinski definition) is 1. The van der Waals surface area contributed by atoms with Crippen molar-refractivity contribution in [1.82, 2.24) is 0 Å². The minimum Gasteiger partial charge on any atom is -0.486 e. The second-order valence-electron chi connectivity index (χ2n) is 5.17. The van der Waals surface area contributed by atoms with Gasteiger partial charge in [0.25, 0.3) is 0 Å². The van der Waals surface area contributed by atoms with Crippen molar-refractivity contribution in [2.75, 3.05) is 11.9 Å². The molecule has 0 aliphatic heterocycles. The highest BCUT2D eigenvalue weighted by Crippen LogP contribution is 2.23. The Morgan fingerprint density at radius 1 is 1.28 bits per heavy atom. The van der Waals surface area contributed by atoms with E-state index in [4.69, 9.17) is 21.6 Å². The highest BCUT2D eigenvalue weighted by Gasteiger charge is 2.27. The van der Waals surface area contributed by atoms with Gasteiger partial charge in [-0.1, -0.05) is 17.7 Å². The molecule has 0 heterocycles. The van der Waals surface area contributed by atoms with E-state index in [1.54, 1.807) is 31.2 Å². The number of anilines is 1. The zero-order valence-corrected chi connectivity index (χ0v) is 14.0. The summed E-state index contributed by atoms with van der Waals surface area (Å²) in [6, 6.07) is 11.6. The summed E-state index contributed by atoms with van der Waals surface area (Å²) in [5.41, 5.74) is 1.05. The van der Waals surface area contributed by atoms with E-state index in [-0.39, 0.29) is 5.75 Å². The zero-order chi connectivity index (χ0) is 18.4. The van der Waals surface area contributed by atoms with Crippen LogP contribution in [0.3, 0.4) is 0 Å². The van der Waals surface area contributed by atoms with Gasteiger partial charge in [-0.3, -0.25) is 9.59 Å². The number of amides is 1. The van der Waals surface area contributed by atoms with Crippen molar-refractivity contribution in [3.8, 4) is 11.8 Å². The summed E-state index contributed by atoms with van der Waals surface area (Å²) in [7, 11) is 0. The molecule has 25 heavy (non-hydrogen) atoms. The number of nitrogens with one attached hydrogen (secondary N) is 1. The molecular weight excluding hydrogens is 347 g/mol. The van der Waals surface area contributed by atoms with Crippen molar-refractivity contribution in [1.29, 1.82) is 5.26 Å². The van der Waals surface area contributed by atoms with Crippen molar-refractivity contribution in [3.63, 3.8) is 0 Å². The highest BCUT2D eigenvalue weighted by molar-refractivity contribution is 6.31. The molecule has 7 heteroatoms. The topological polar surface area (TPSA) is 79.2 Å². The largest absolute Gasteiger partial charge is 0.486 e. The van der Waals surface area contributed by atoms with E-state index in [1.807, 2.05) is 0 Å². The fraction of sp³-hybridized carbons (Fsp3) is 0.167. The number of hydrogen-bond acceptors (Lipinski definition) is 4. The van der Waals surface area contributed by atoms with Crippen LogP contribution in [-0.2, 0) is 9.59 Å². The third-order valence-corrected chi connectivity index (χ3v) is 3.84. The number of carbonyl (C=O) groups is 2. The first-order valence-corrected chi connectivity index (χ1v) is 7.67. The van der Waals surface area contributed by atoms with Crippen LogP contribution in [0.5, 0.6) is 5.75 Å². The first kappa shape index (κ1) is 18.4. The van der Waals surface area contributed by atoms with E-state index >= 15 is 0 Å². The van der Waals surface area contributed by atoms with Crippen LogP contribution in [0, 0.1) is 30.0 Å². The first-order chi connectivity index (χ1) is 11.9. The molecule has 0 aliphatic rings. The van der Waals surface area contributed by atoms with Crippen LogP contribution >= 0.6 is 11.6 Å². The van der Waals surface area contributed by atoms with Gasteiger partial charge in [-0.05, 0) is 48.9 Å². The lowest BCUT2D eigenvalue weighted by atomic mass is 10.1. The van der Waals surface area contributed by atoms with Crippen LogP contribution in [-0.4, -0.2) is 18.3 Å². The van der Waals surface area contributed by atoms with Gasteiger partial charge in [-0.2, -0.15) is 5.26 Å².